The number of rotatable bonds is 4. The highest BCUT2D eigenvalue weighted by Crippen LogP contribution is 2.36. The number of esters is 1. The maximum atomic E-state index is 12.7. The van der Waals surface area contributed by atoms with Gasteiger partial charge in [0.05, 0.1) is 11.5 Å². The molecule has 0 fully saturated rings. The minimum absolute atomic E-state index is 0.176. The molecule has 28 heavy (non-hydrogen) atoms. The maximum absolute atomic E-state index is 12.7. The maximum Gasteiger partial charge on any atom is 0.313 e. The van der Waals surface area contributed by atoms with Gasteiger partial charge >= 0.3 is 5.97 Å². The molecule has 0 N–H and O–H groups in total. The molecule has 1 aliphatic heterocycles. The van der Waals surface area contributed by atoms with E-state index in [1.807, 2.05) is 24.4 Å². The number of carbonyl (C=O) groups excluding carboxylic acids is 2. The molecule has 2 aromatic carbocycles. The van der Waals surface area contributed by atoms with E-state index >= 15 is 0 Å². The number of fused-ring (bicyclic) bond motifs is 2. The molecule has 1 aromatic heterocycles. The Balaban J connectivity index is 1.67. The van der Waals surface area contributed by atoms with Crippen LogP contribution in [0.1, 0.15) is 36.7 Å². The van der Waals surface area contributed by atoms with Gasteiger partial charge in [0.2, 0.25) is 5.78 Å². The summed E-state index contributed by atoms with van der Waals surface area (Å²) in [5, 5.41) is 1.07. The zero-order chi connectivity index (χ0) is 19.8. The standard InChI is InChI=1S/C23H21NO4/c1-4-24-13-15(17-7-5-6-8-19(17)24)11-21-22(25)18-10-9-16(12-20(18)28-21)27-23(26)14(2)3/h5-14H,4H2,1-3H3/b21-11-. The molecule has 0 radical (unpaired) electrons. The third kappa shape index (κ3) is 3.09. The van der Waals surface area contributed by atoms with Gasteiger partial charge < -0.3 is 14.0 Å². The topological polar surface area (TPSA) is 57.5 Å². The van der Waals surface area contributed by atoms with Crippen molar-refractivity contribution in [1.29, 1.82) is 0 Å². The fourth-order valence-corrected chi connectivity index (χ4v) is 3.26. The zero-order valence-corrected chi connectivity index (χ0v) is 16.1. The number of para-hydroxylation sites is 1. The number of Topliss-reactive ketones (excluding diaryl/α,β-unsaturated/α-hetero) is 1. The first-order valence-electron chi connectivity index (χ1n) is 9.35. The van der Waals surface area contributed by atoms with Crippen molar-refractivity contribution in [2.45, 2.75) is 27.3 Å². The van der Waals surface area contributed by atoms with Crippen molar-refractivity contribution < 1.29 is 19.1 Å². The van der Waals surface area contributed by atoms with Crippen molar-refractivity contribution in [1.82, 2.24) is 4.57 Å². The van der Waals surface area contributed by atoms with E-state index in [1.165, 1.54) is 0 Å². The van der Waals surface area contributed by atoms with E-state index in [0.717, 1.165) is 23.0 Å². The van der Waals surface area contributed by atoms with Gasteiger partial charge in [-0.15, -0.1) is 0 Å². The predicted octanol–water partition coefficient (Wildman–Crippen LogP) is 4.84. The second kappa shape index (κ2) is 7.00. The molecule has 142 valence electrons. The predicted molar refractivity (Wildman–Crippen MR) is 107 cm³/mol. The van der Waals surface area contributed by atoms with Crippen LogP contribution in [0.5, 0.6) is 11.5 Å². The molecule has 5 heteroatoms. The molecule has 0 spiro atoms. The van der Waals surface area contributed by atoms with Crippen molar-refractivity contribution in [2.24, 2.45) is 5.92 Å². The van der Waals surface area contributed by atoms with E-state index in [4.69, 9.17) is 9.47 Å². The number of ketones is 1. The van der Waals surface area contributed by atoms with Crippen molar-refractivity contribution in [2.75, 3.05) is 0 Å². The third-order valence-electron chi connectivity index (χ3n) is 4.78. The molecule has 3 aromatic rings. The summed E-state index contributed by atoms with van der Waals surface area (Å²) < 4.78 is 13.3. The summed E-state index contributed by atoms with van der Waals surface area (Å²) in [7, 11) is 0. The first-order chi connectivity index (χ1) is 13.5. The Morgan fingerprint density at radius 2 is 2.00 bits per heavy atom. The highest BCUT2D eigenvalue weighted by atomic mass is 16.5. The molecule has 0 saturated heterocycles. The summed E-state index contributed by atoms with van der Waals surface area (Å²) in [6.07, 6.45) is 3.80. The monoisotopic (exact) mass is 375 g/mol. The van der Waals surface area contributed by atoms with Crippen molar-refractivity contribution in [3.05, 3.63) is 65.5 Å². The molecule has 5 nitrogen and oxygen atoms in total. The second-order valence-corrected chi connectivity index (χ2v) is 7.06. The Morgan fingerprint density at radius 3 is 2.75 bits per heavy atom. The largest absolute Gasteiger partial charge is 0.452 e. The van der Waals surface area contributed by atoms with Crippen LogP contribution < -0.4 is 9.47 Å². The Bertz CT molecular complexity index is 1120. The van der Waals surface area contributed by atoms with Crippen LogP contribution in [0, 0.1) is 5.92 Å². The lowest BCUT2D eigenvalue weighted by Crippen LogP contribution is -2.14. The van der Waals surface area contributed by atoms with E-state index < -0.39 is 0 Å². The van der Waals surface area contributed by atoms with Crippen molar-refractivity contribution >= 4 is 28.7 Å². The lowest BCUT2D eigenvalue weighted by molar-refractivity contribution is -0.137. The summed E-state index contributed by atoms with van der Waals surface area (Å²) in [4.78, 5) is 24.5. The third-order valence-corrected chi connectivity index (χ3v) is 4.78. The molecule has 2 heterocycles. The van der Waals surface area contributed by atoms with Crippen LogP contribution in [-0.2, 0) is 11.3 Å². The van der Waals surface area contributed by atoms with E-state index in [2.05, 4.69) is 17.6 Å². The number of hydrogen-bond acceptors (Lipinski definition) is 4. The second-order valence-electron chi connectivity index (χ2n) is 7.06. The first kappa shape index (κ1) is 18.0. The molecule has 0 bridgehead atoms. The normalized spacial score (nSPS) is 14.6. The van der Waals surface area contributed by atoms with Gasteiger partial charge in [-0.05, 0) is 31.2 Å². The van der Waals surface area contributed by atoms with E-state index in [0.29, 0.717) is 17.1 Å². The van der Waals surface area contributed by atoms with Crippen LogP contribution in [0.3, 0.4) is 0 Å². The number of allylic oxidation sites excluding steroid dienone is 1. The number of aryl methyl sites for hydroxylation is 1. The average Bonchev–Trinajstić information content (AvgIpc) is 3.19. The minimum atomic E-state index is -0.326. The fraction of sp³-hybridized carbons (Fsp3) is 0.217. The van der Waals surface area contributed by atoms with E-state index in [-0.39, 0.29) is 23.4 Å². The van der Waals surface area contributed by atoms with Gasteiger partial charge in [0.25, 0.3) is 0 Å². The van der Waals surface area contributed by atoms with Gasteiger partial charge in [-0.3, -0.25) is 9.59 Å². The van der Waals surface area contributed by atoms with Crippen LogP contribution in [0.2, 0.25) is 0 Å². The van der Waals surface area contributed by atoms with Crippen LogP contribution >= 0.6 is 0 Å². The number of aromatic nitrogens is 1. The van der Waals surface area contributed by atoms with Gasteiger partial charge in [-0.1, -0.05) is 32.0 Å². The number of hydrogen-bond donors (Lipinski definition) is 0. The molecular weight excluding hydrogens is 354 g/mol. The smallest absolute Gasteiger partial charge is 0.313 e. The highest BCUT2D eigenvalue weighted by molar-refractivity contribution is 6.15. The lowest BCUT2D eigenvalue weighted by Gasteiger charge is -2.07. The molecule has 0 unspecified atom stereocenters. The summed E-state index contributed by atoms with van der Waals surface area (Å²) in [5.74, 6) is 0.305. The van der Waals surface area contributed by atoms with Crippen LogP contribution in [0.4, 0.5) is 0 Å². The molecule has 0 amide bonds. The van der Waals surface area contributed by atoms with Gasteiger partial charge in [0.15, 0.2) is 5.76 Å². The Kier molecular flexibility index (Phi) is 4.51. The molecule has 0 atom stereocenters. The van der Waals surface area contributed by atoms with Crippen LogP contribution in [0.15, 0.2) is 54.4 Å². The molecule has 1 aliphatic rings. The number of nitrogens with zero attached hydrogens (tertiary/aromatic N) is 1. The van der Waals surface area contributed by atoms with Crippen LogP contribution in [0.25, 0.3) is 17.0 Å². The first-order valence-corrected chi connectivity index (χ1v) is 9.35. The highest BCUT2D eigenvalue weighted by Gasteiger charge is 2.28. The Labute approximate surface area is 163 Å². The average molecular weight is 375 g/mol. The van der Waals surface area contributed by atoms with Crippen LogP contribution in [-0.4, -0.2) is 16.3 Å². The zero-order valence-electron chi connectivity index (χ0n) is 16.1. The van der Waals surface area contributed by atoms with Gasteiger partial charge in [0, 0.05) is 35.3 Å². The van der Waals surface area contributed by atoms with Gasteiger partial charge in [0.1, 0.15) is 11.5 Å². The minimum Gasteiger partial charge on any atom is -0.452 e. The Hall–Kier alpha value is -3.34. The van der Waals surface area contributed by atoms with E-state index in [9.17, 15) is 9.59 Å². The fourth-order valence-electron chi connectivity index (χ4n) is 3.26. The lowest BCUT2D eigenvalue weighted by atomic mass is 10.1. The molecular formula is C23H21NO4. The number of ether oxygens (including phenoxy) is 2. The molecule has 0 aliphatic carbocycles. The molecule has 4 rings (SSSR count). The molecule has 0 saturated carbocycles. The Morgan fingerprint density at radius 1 is 1.21 bits per heavy atom. The van der Waals surface area contributed by atoms with Crippen molar-refractivity contribution in [3.63, 3.8) is 0 Å². The van der Waals surface area contributed by atoms with Crippen molar-refractivity contribution in [3.8, 4) is 11.5 Å². The van der Waals surface area contributed by atoms with Gasteiger partial charge in [-0.2, -0.15) is 0 Å². The number of carbonyl (C=O) groups is 2. The van der Waals surface area contributed by atoms with Gasteiger partial charge in [-0.25, -0.2) is 0 Å². The summed E-state index contributed by atoms with van der Waals surface area (Å²) in [6.45, 7) is 6.45. The SMILES string of the molecule is CCn1cc(/C=C2\Oc3cc(OC(=O)C(C)C)ccc3C2=O)c2ccccc21. The number of benzene rings is 2. The summed E-state index contributed by atoms with van der Waals surface area (Å²) in [5.41, 5.74) is 2.51. The quantitative estimate of drug-likeness (QED) is 0.372. The summed E-state index contributed by atoms with van der Waals surface area (Å²) >= 11 is 0. The summed E-state index contributed by atoms with van der Waals surface area (Å²) in [6, 6.07) is 12.9. The van der Waals surface area contributed by atoms with E-state index in [1.54, 1.807) is 38.1 Å².